The van der Waals surface area contributed by atoms with Crippen LogP contribution in [-0.4, -0.2) is 38.9 Å². The van der Waals surface area contributed by atoms with Crippen LogP contribution < -0.4 is 21.5 Å². The minimum absolute atomic E-state index is 0.0156. The third-order valence-electron chi connectivity index (χ3n) is 3.57. The summed E-state index contributed by atoms with van der Waals surface area (Å²) in [6.07, 6.45) is 4.73. The van der Waals surface area contributed by atoms with E-state index in [1.165, 1.54) is 12.7 Å². The minimum Gasteiger partial charge on any atom is -0.357 e. The van der Waals surface area contributed by atoms with Crippen molar-refractivity contribution in [3.8, 4) is 0 Å². The van der Waals surface area contributed by atoms with Crippen LogP contribution in [0.25, 0.3) is 0 Å². The second-order valence-corrected chi connectivity index (χ2v) is 5.26. The number of nitrogens with one attached hydrogen (secondary N) is 3. The zero-order chi connectivity index (χ0) is 16.2. The van der Waals surface area contributed by atoms with Gasteiger partial charge in [0.15, 0.2) is 0 Å². The summed E-state index contributed by atoms with van der Waals surface area (Å²) in [5, 5.41) is 2.45. The molecule has 1 saturated heterocycles. The average molecular weight is 316 g/mol. The van der Waals surface area contributed by atoms with Crippen LogP contribution in [-0.2, 0) is 0 Å². The van der Waals surface area contributed by atoms with Gasteiger partial charge in [0.25, 0.3) is 11.5 Å². The van der Waals surface area contributed by atoms with Gasteiger partial charge < -0.3 is 10.2 Å². The fraction of sp³-hybridized carbons (Fsp3) is 0.357. The molecule has 120 valence electrons. The van der Waals surface area contributed by atoms with E-state index in [0.717, 1.165) is 32.0 Å². The number of hydrogen-bond acceptors (Lipinski definition) is 6. The molecule has 1 fully saturated rings. The molecule has 0 atom stereocenters. The van der Waals surface area contributed by atoms with Crippen molar-refractivity contribution in [2.75, 3.05) is 23.3 Å². The van der Waals surface area contributed by atoms with Crippen molar-refractivity contribution in [1.29, 1.82) is 0 Å². The SMILES string of the molecule is O=C(Nc1cc(=O)[nH]c(=O)[nH]1)c1cc(N2CCCCC2)ncn1. The van der Waals surface area contributed by atoms with Gasteiger partial charge in [0.2, 0.25) is 0 Å². The second kappa shape index (κ2) is 6.42. The molecule has 2 aromatic rings. The van der Waals surface area contributed by atoms with Gasteiger partial charge in [-0.15, -0.1) is 0 Å². The van der Waals surface area contributed by atoms with Crippen LogP contribution in [0.2, 0.25) is 0 Å². The molecule has 2 aromatic heterocycles. The average Bonchev–Trinajstić information content (AvgIpc) is 2.55. The number of carbonyl (C=O) groups excluding carboxylic acids is 1. The predicted molar refractivity (Wildman–Crippen MR) is 83.7 cm³/mol. The number of amides is 1. The van der Waals surface area contributed by atoms with Crippen LogP contribution in [0.1, 0.15) is 29.8 Å². The fourth-order valence-corrected chi connectivity index (χ4v) is 2.49. The van der Waals surface area contributed by atoms with Gasteiger partial charge in [-0.3, -0.25) is 19.6 Å². The van der Waals surface area contributed by atoms with Crippen molar-refractivity contribution >= 4 is 17.5 Å². The molecule has 0 radical (unpaired) electrons. The Balaban J connectivity index is 1.79. The zero-order valence-corrected chi connectivity index (χ0v) is 12.3. The van der Waals surface area contributed by atoms with Crippen LogP contribution in [0.15, 0.2) is 28.0 Å². The molecule has 3 N–H and O–H groups in total. The summed E-state index contributed by atoms with van der Waals surface area (Å²) in [4.78, 5) is 49.3. The first kappa shape index (κ1) is 14.9. The highest BCUT2D eigenvalue weighted by Crippen LogP contribution is 2.17. The molecule has 3 rings (SSSR count). The van der Waals surface area contributed by atoms with Crippen LogP contribution >= 0.6 is 0 Å². The largest absolute Gasteiger partial charge is 0.357 e. The predicted octanol–water partition coefficient (Wildman–Crippen LogP) is 0.0958. The first-order chi connectivity index (χ1) is 11.1. The molecular weight excluding hydrogens is 300 g/mol. The number of nitrogens with zero attached hydrogens (tertiary/aromatic N) is 3. The molecular formula is C14H16N6O3. The Morgan fingerprint density at radius 1 is 1.09 bits per heavy atom. The Kier molecular flexibility index (Phi) is 4.18. The number of carbonyl (C=O) groups is 1. The van der Waals surface area contributed by atoms with Gasteiger partial charge in [-0.25, -0.2) is 14.8 Å². The standard InChI is InChI=1S/C14H16N6O3/c21-12-7-10(18-14(23)19-12)17-13(22)9-6-11(16-8-15-9)20-4-2-1-3-5-20/h6-8H,1-5H2,(H3,17,18,19,21,22,23). The Labute approximate surface area is 130 Å². The van der Waals surface area contributed by atoms with E-state index < -0.39 is 17.2 Å². The summed E-state index contributed by atoms with van der Waals surface area (Å²) in [7, 11) is 0. The first-order valence-corrected chi connectivity index (χ1v) is 7.34. The summed E-state index contributed by atoms with van der Waals surface area (Å²) in [6, 6.07) is 2.69. The lowest BCUT2D eigenvalue weighted by Gasteiger charge is -2.27. The van der Waals surface area contributed by atoms with Crippen LogP contribution in [0.4, 0.5) is 11.6 Å². The van der Waals surface area contributed by atoms with Crippen molar-refractivity contribution in [3.05, 3.63) is 45.0 Å². The van der Waals surface area contributed by atoms with E-state index >= 15 is 0 Å². The molecule has 9 heteroatoms. The van der Waals surface area contributed by atoms with Gasteiger partial charge in [-0.05, 0) is 19.3 Å². The molecule has 1 aliphatic heterocycles. The summed E-state index contributed by atoms with van der Waals surface area (Å²) in [5.74, 6) is 0.193. The highest BCUT2D eigenvalue weighted by molar-refractivity contribution is 6.02. The number of hydrogen-bond donors (Lipinski definition) is 3. The van der Waals surface area contributed by atoms with E-state index in [1.807, 2.05) is 4.98 Å². The minimum atomic E-state index is -0.690. The Hall–Kier alpha value is -2.97. The van der Waals surface area contributed by atoms with E-state index in [9.17, 15) is 14.4 Å². The van der Waals surface area contributed by atoms with E-state index in [2.05, 4.69) is 25.2 Å². The number of aromatic nitrogens is 4. The molecule has 0 saturated carbocycles. The number of anilines is 2. The van der Waals surface area contributed by atoms with Crippen molar-refractivity contribution in [3.63, 3.8) is 0 Å². The van der Waals surface area contributed by atoms with Gasteiger partial charge >= 0.3 is 5.69 Å². The van der Waals surface area contributed by atoms with E-state index in [0.29, 0.717) is 5.82 Å². The number of piperidine rings is 1. The smallest absolute Gasteiger partial charge is 0.327 e. The summed E-state index contributed by atoms with van der Waals surface area (Å²) < 4.78 is 0. The lowest BCUT2D eigenvalue weighted by Crippen LogP contribution is -2.30. The van der Waals surface area contributed by atoms with Gasteiger partial charge in [-0.1, -0.05) is 0 Å². The van der Waals surface area contributed by atoms with E-state index in [4.69, 9.17) is 0 Å². The van der Waals surface area contributed by atoms with Crippen molar-refractivity contribution in [2.45, 2.75) is 19.3 Å². The maximum atomic E-state index is 12.2. The Morgan fingerprint density at radius 2 is 1.87 bits per heavy atom. The molecule has 3 heterocycles. The quantitative estimate of drug-likeness (QED) is 0.737. The monoisotopic (exact) mass is 316 g/mol. The van der Waals surface area contributed by atoms with Crippen LogP contribution in [0.5, 0.6) is 0 Å². The molecule has 0 aliphatic carbocycles. The van der Waals surface area contributed by atoms with Gasteiger partial charge in [0, 0.05) is 25.2 Å². The molecule has 1 aliphatic rings. The van der Waals surface area contributed by atoms with Crippen molar-refractivity contribution in [1.82, 2.24) is 19.9 Å². The fourth-order valence-electron chi connectivity index (χ4n) is 2.49. The van der Waals surface area contributed by atoms with Gasteiger partial charge in [0.05, 0.1) is 0 Å². The summed E-state index contributed by atoms with van der Waals surface area (Å²) in [6.45, 7) is 1.80. The highest BCUT2D eigenvalue weighted by Gasteiger charge is 2.15. The maximum absolute atomic E-state index is 12.2. The third-order valence-corrected chi connectivity index (χ3v) is 3.57. The Morgan fingerprint density at radius 3 is 2.61 bits per heavy atom. The van der Waals surface area contributed by atoms with Crippen molar-refractivity contribution < 1.29 is 4.79 Å². The molecule has 0 aromatic carbocycles. The molecule has 23 heavy (non-hydrogen) atoms. The highest BCUT2D eigenvalue weighted by atomic mass is 16.2. The molecule has 0 unspecified atom stereocenters. The summed E-state index contributed by atoms with van der Waals surface area (Å²) >= 11 is 0. The third kappa shape index (κ3) is 3.62. The maximum Gasteiger partial charge on any atom is 0.327 e. The van der Waals surface area contributed by atoms with E-state index in [-0.39, 0.29) is 11.5 Å². The number of aromatic amines is 2. The zero-order valence-electron chi connectivity index (χ0n) is 12.3. The molecule has 0 spiro atoms. The molecule has 0 bridgehead atoms. The first-order valence-electron chi connectivity index (χ1n) is 7.34. The second-order valence-electron chi connectivity index (χ2n) is 5.26. The Bertz CT molecular complexity index is 793. The lowest BCUT2D eigenvalue weighted by atomic mass is 10.1. The normalized spacial score (nSPS) is 14.5. The van der Waals surface area contributed by atoms with Gasteiger partial charge in [-0.2, -0.15) is 0 Å². The summed E-state index contributed by atoms with van der Waals surface area (Å²) in [5.41, 5.74) is -1.12. The number of H-pyrrole nitrogens is 2. The topological polar surface area (TPSA) is 124 Å². The van der Waals surface area contributed by atoms with Gasteiger partial charge in [0.1, 0.15) is 23.7 Å². The number of rotatable bonds is 3. The molecule has 1 amide bonds. The van der Waals surface area contributed by atoms with Crippen LogP contribution in [0, 0.1) is 0 Å². The van der Waals surface area contributed by atoms with Crippen LogP contribution in [0.3, 0.4) is 0 Å². The molecule has 9 nitrogen and oxygen atoms in total. The van der Waals surface area contributed by atoms with Crippen molar-refractivity contribution in [2.24, 2.45) is 0 Å². The van der Waals surface area contributed by atoms with E-state index in [1.54, 1.807) is 6.07 Å². The lowest BCUT2D eigenvalue weighted by molar-refractivity contribution is 0.102.